The molecule has 2 aliphatic rings. The quantitative estimate of drug-likeness (QED) is 0.652. The van der Waals surface area contributed by atoms with E-state index in [-0.39, 0.29) is 11.7 Å². The summed E-state index contributed by atoms with van der Waals surface area (Å²) in [5.41, 5.74) is 1.57. The monoisotopic (exact) mass is 355 g/mol. The molecule has 0 bridgehead atoms. The van der Waals surface area contributed by atoms with Gasteiger partial charge < -0.3 is 16.0 Å². The third kappa shape index (κ3) is 4.41. The average molecular weight is 355 g/mol. The zero-order valence-corrected chi connectivity index (χ0v) is 14.6. The lowest BCUT2D eigenvalue weighted by Crippen LogP contribution is -2.49. The van der Waals surface area contributed by atoms with Crippen LogP contribution in [0, 0.1) is 11.3 Å². The Kier molecular flexibility index (Phi) is 5.54. The molecule has 0 saturated heterocycles. The number of nitrogens with zero attached hydrogens (tertiary/aromatic N) is 1. The van der Waals surface area contributed by atoms with E-state index in [0.717, 1.165) is 12.8 Å². The molecule has 1 atom stereocenters. The topological polar surface area (TPSA) is 89.0 Å². The van der Waals surface area contributed by atoms with Gasteiger partial charge in [-0.05, 0) is 37.1 Å². The Morgan fingerprint density at radius 2 is 2.04 bits per heavy atom. The largest absolute Gasteiger partial charge is 0.349 e. The number of anilines is 2. The molecule has 136 valence electrons. The zero-order chi connectivity index (χ0) is 18.5. The SMILES string of the molecule is CC(=O)Nc1cccc(NC2=C(F)C=C(C#N)C(NC3CCCC3)N2)c1. The fraction of sp³-hybridized carbons (Fsp3) is 0.368. The first-order chi connectivity index (χ1) is 12.5. The number of hydrogen-bond donors (Lipinski definition) is 4. The summed E-state index contributed by atoms with van der Waals surface area (Å²) >= 11 is 0. The molecule has 0 spiro atoms. The molecule has 6 nitrogen and oxygen atoms in total. The summed E-state index contributed by atoms with van der Waals surface area (Å²) in [5, 5.41) is 21.4. The number of rotatable bonds is 5. The molecule has 1 saturated carbocycles. The normalized spacial score (nSPS) is 20.2. The van der Waals surface area contributed by atoms with Gasteiger partial charge in [0.2, 0.25) is 5.91 Å². The van der Waals surface area contributed by atoms with Crippen LogP contribution >= 0.6 is 0 Å². The molecule has 1 fully saturated rings. The molecule has 1 aromatic rings. The molecule has 1 heterocycles. The van der Waals surface area contributed by atoms with E-state index in [4.69, 9.17) is 0 Å². The van der Waals surface area contributed by atoms with Crippen molar-refractivity contribution in [1.82, 2.24) is 10.6 Å². The number of amides is 1. The van der Waals surface area contributed by atoms with Crippen LogP contribution in [0.2, 0.25) is 0 Å². The van der Waals surface area contributed by atoms with Crippen LogP contribution in [0.4, 0.5) is 15.8 Å². The summed E-state index contributed by atoms with van der Waals surface area (Å²) in [6.45, 7) is 1.43. The molecule has 1 aliphatic carbocycles. The molecular formula is C19H22FN5O. The van der Waals surface area contributed by atoms with E-state index in [0.29, 0.717) is 23.0 Å². The number of carbonyl (C=O) groups excluding carboxylic acids is 1. The first-order valence-electron chi connectivity index (χ1n) is 8.74. The van der Waals surface area contributed by atoms with Crippen molar-refractivity contribution in [2.45, 2.75) is 44.8 Å². The summed E-state index contributed by atoms with van der Waals surface area (Å²) in [6, 6.07) is 9.39. The number of dihydropyridines is 1. The fourth-order valence-corrected chi connectivity index (χ4v) is 3.26. The molecule has 1 unspecified atom stereocenters. The van der Waals surface area contributed by atoms with Crippen molar-refractivity contribution in [2.75, 3.05) is 10.6 Å². The summed E-state index contributed by atoms with van der Waals surface area (Å²) in [5.74, 6) is -0.513. The Morgan fingerprint density at radius 3 is 2.73 bits per heavy atom. The second-order valence-corrected chi connectivity index (χ2v) is 6.55. The van der Waals surface area contributed by atoms with Crippen LogP contribution < -0.4 is 21.3 Å². The number of nitrogens with one attached hydrogen (secondary N) is 4. The molecular weight excluding hydrogens is 333 g/mol. The highest BCUT2D eigenvalue weighted by molar-refractivity contribution is 5.89. The van der Waals surface area contributed by atoms with Crippen molar-refractivity contribution in [1.29, 1.82) is 5.26 Å². The molecule has 0 radical (unpaired) electrons. The van der Waals surface area contributed by atoms with Crippen LogP contribution in [-0.2, 0) is 4.79 Å². The second kappa shape index (κ2) is 8.02. The van der Waals surface area contributed by atoms with Gasteiger partial charge in [-0.25, -0.2) is 4.39 Å². The van der Waals surface area contributed by atoms with Crippen LogP contribution in [0.5, 0.6) is 0 Å². The molecule has 7 heteroatoms. The Balaban J connectivity index is 1.75. The minimum absolute atomic E-state index is 0.175. The Labute approximate surface area is 152 Å². The van der Waals surface area contributed by atoms with Gasteiger partial charge in [-0.2, -0.15) is 5.26 Å². The highest BCUT2D eigenvalue weighted by Crippen LogP contribution is 2.24. The number of benzene rings is 1. The highest BCUT2D eigenvalue weighted by atomic mass is 19.1. The highest BCUT2D eigenvalue weighted by Gasteiger charge is 2.26. The number of nitriles is 1. The predicted molar refractivity (Wildman–Crippen MR) is 98.5 cm³/mol. The molecule has 4 N–H and O–H groups in total. The van der Waals surface area contributed by atoms with Crippen molar-refractivity contribution >= 4 is 17.3 Å². The minimum atomic E-state index is -0.532. The average Bonchev–Trinajstić information content (AvgIpc) is 3.10. The third-order valence-electron chi connectivity index (χ3n) is 4.46. The van der Waals surface area contributed by atoms with E-state index >= 15 is 0 Å². The molecule has 1 amide bonds. The minimum Gasteiger partial charge on any atom is -0.349 e. The van der Waals surface area contributed by atoms with Crippen molar-refractivity contribution in [3.63, 3.8) is 0 Å². The summed E-state index contributed by atoms with van der Waals surface area (Å²) in [6.07, 6.45) is 5.28. The van der Waals surface area contributed by atoms with Crippen LogP contribution in [0.25, 0.3) is 0 Å². The van der Waals surface area contributed by atoms with Crippen molar-refractivity contribution in [3.8, 4) is 6.07 Å². The summed E-state index contributed by atoms with van der Waals surface area (Å²) in [7, 11) is 0. The Morgan fingerprint density at radius 1 is 1.31 bits per heavy atom. The van der Waals surface area contributed by atoms with Gasteiger partial charge in [0.1, 0.15) is 12.0 Å². The second-order valence-electron chi connectivity index (χ2n) is 6.55. The third-order valence-corrected chi connectivity index (χ3v) is 4.46. The number of carbonyl (C=O) groups is 1. The van der Waals surface area contributed by atoms with E-state index in [1.807, 2.05) is 0 Å². The number of halogens is 1. The summed E-state index contributed by atoms with van der Waals surface area (Å²) in [4.78, 5) is 11.2. The van der Waals surface area contributed by atoms with Gasteiger partial charge in [0.25, 0.3) is 0 Å². The van der Waals surface area contributed by atoms with E-state index in [2.05, 4.69) is 27.3 Å². The summed E-state index contributed by atoms with van der Waals surface area (Å²) < 4.78 is 14.4. The van der Waals surface area contributed by atoms with Gasteiger partial charge in [0.05, 0.1) is 11.6 Å². The van der Waals surface area contributed by atoms with Gasteiger partial charge in [-0.15, -0.1) is 0 Å². The zero-order valence-electron chi connectivity index (χ0n) is 14.6. The lowest BCUT2D eigenvalue weighted by molar-refractivity contribution is -0.114. The van der Waals surface area contributed by atoms with E-state index in [1.54, 1.807) is 24.3 Å². The van der Waals surface area contributed by atoms with Crippen LogP contribution in [-0.4, -0.2) is 18.1 Å². The molecule has 3 rings (SSSR count). The molecule has 1 aromatic carbocycles. The fourth-order valence-electron chi connectivity index (χ4n) is 3.26. The standard InChI is InChI=1S/C19H22FN5O/c1-12(26)22-15-7-4-8-16(10-15)24-19-17(20)9-13(11-21)18(25-19)23-14-5-2-3-6-14/h4,7-10,14,18,23-25H,2-3,5-6H2,1H3,(H,22,26). The number of hydrogen-bond acceptors (Lipinski definition) is 5. The molecule has 1 aliphatic heterocycles. The van der Waals surface area contributed by atoms with E-state index < -0.39 is 12.0 Å². The van der Waals surface area contributed by atoms with Crippen LogP contribution in [0.3, 0.4) is 0 Å². The Hall–Kier alpha value is -2.85. The lowest BCUT2D eigenvalue weighted by Gasteiger charge is -2.29. The van der Waals surface area contributed by atoms with Gasteiger partial charge >= 0.3 is 0 Å². The smallest absolute Gasteiger partial charge is 0.221 e. The van der Waals surface area contributed by atoms with Gasteiger partial charge in [0, 0.05) is 24.3 Å². The maximum absolute atomic E-state index is 14.4. The van der Waals surface area contributed by atoms with Crippen molar-refractivity contribution < 1.29 is 9.18 Å². The van der Waals surface area contributed by atoms with Crippen molar-refractivity contribution in [3.05, 3.63) is 47.6 Å². The molecule has 0 aromatic heterocycles. The van der Waals surface area contributed by atoms with Gasteiger partial charge in [-0.1, -0.05) is 18.9 Å². The first kappa shape index (κ1) is 18.0. The van der Waals surface area contributed by atoms with Crippen molar-refractivity contribution in [2.24, 2.45) is 0 Å². The Bertz CT molecular complexity index is 789. The van der Waals surface area contributed by atoms with Crippen LogP contribution in [0.1, 0.15) is 32.6 Å². The predicted octanol–water partition coefficient (Wildman–Crippen LogP) is 3.11. The van der Waals surface area contributed by atoms with Gasteiger partial charge in [0.15, 0.2) is 5.83 Å². The van der Waals surface area contributed by atoms with Crippen LogP contribution in [0.15, 0.2) is 47.6 Å². The van der Waals surface area contributed by atoms with E-state index in [1.165, 1.54) is 25.8 Å². The number of allylic oxidation sites excluding steroid dienone is 2. The molecule has 26 heavy (non-hydrogen) atoms. The first-order valence-corrected chi connectivity index (χ1v) is 8.74. The maximum atomic E-state index is 14.4. The van der Waals surface area contributed by atoms with E-state index in [9.17, 15) is 14.4 Å². The van der Waals surface area contributed by atoms with Gasteiger partial charge in [-0.3, -0.25) is 10.1 Å². The maximum Gasteiger partial charge on any atom is 0.221 e. The lowest BCUT2D eigenvalue weighted by atomic mass is 10.1.